The molecule has 6 N–H and O–H groups in total. The molecule has 4 aromatic rings. The molecule has 0 fully saturated rings. The summed E-state index contributed by atoms with van der Waals surface area (Å²) in [4.78, 5) is 48.8. The smallest absolute Gasteiger partial charge is 0.243 e. The van der Waals surface area contributed by atoms with Crippen molar-refractivity contribution in [1.82, 2.24) is 25.5 Å². The van der Waals surface area contributed by atoms with E-state index < -0.39 is 12.1 Å². The Morgan fingerprint density at radius 1 is 1.04 bits per heavy atom. The van der Waals surface area contributed by atoms with Crippen molar-refractivity contribution in [3.63, 3.8) is 0 Å². The predicted molar refractivity (Wildman–Crippen MR) is 173 cm³/mol. The van der Waals surface area contributed by atoms with E-state index in [0.717, 1.165) is 45.3 Å². The normalized spacial score (nSPS) is 15.7. The van der Waals surface area contributed by atoms with Crippen LogP contribution in [0.4, 0.5) is 0 Å². The van der Waals surface area contributed by atoms with Crippen molar-refractivity contribution in [3.8, 4) is 5.75 Å². The highest BCUT2D eigenvalue weighted by atomic mass is 16.3. The maximum atomic E-state index is 13.8. The molecule has 2 heterocycles. The summed E-state index contributed by atoms with van der Waals surface area (Å²) < 4.78 is 0. The molecule has 3 aromatic carbocycles. The largest absolute Gasteiger partial charge is 0.508 e. The zero-order chi connectivity index (χ0) is 32.1. The van der Waals surface area contributed by atoms with E-state index in [1.807, 2.05) is 62.4 Å². The second kappa shape index (κ2) is 13.9. The zero-order valence-corrected chi connectivity index (χ0v) is 26.1. The highest BCUT2D eigenvalue weighted by Gasteiger charge is 2.36. The molecule has 0 spiro atoms. The Balaban J connectivity index is 1.21. The number of fused-ring (bicyclic) bond motifs is 2. The van der Waals surface area contributed by atoms with Gasteiger partial charge in [-0.2, -0.15) is 0 Å². The van der Waals surface area contributed by atoms with Gasteiger partial charge in [-0.05, 0) is 91.6 Å². The number of aromatic nitrogens is 2. The van der Waals surface area contributed by atoms with Gasteiger partial charge in [-0.25, -0.2) is 4.98 Å². The average Bonchev–Trinajstić information content (AvgIpc) is 3.45. The van der Waals surface area contributed by atoms with Crippen molar-refractivity contribution in [2.75, 3.05) is 6.54 Å². The molecule has 1 aromatic heterocycles. The Hall–Kier alpha value is -4.70. The number of amides is 3. The van der Waals surface area contributed by atoms with E-state index in [1.165, 1.54) is 6.92 Å². The average molecular weight is 611 g/mol. The van der Waals surface area contributed by atoms with Crippen LogP contribution < -0.4 is 16.4 Å². The molecule has 0 radical (unpaired) electrons. The fraction of sp³-hybridized carbons (Fsp3) is 0.371. The van der Waals surface area contributed by atoms with Crippen molar-refractivity contribution < 1.29 is 19.5 Å². The number of imidazole rings is 1. The third-order valence-corrected chi connectivity index (χ3v) is 8.59. The number of aryl methyl sites for hydroxylation is 2. The lowest BCUT2D eigenvalue weighted by atomic mass is 9.91. The van der Waals surface area contributed by atoms with Crippen LogP contribution in [0.25, 0.3) is 11.0 Å². The number of phenols is 1. The van der Waals surface area contributed by atoms with E-state index in [1.54, 1.807) is 17.0 Å². The van der Waals surface area contributed by atoms with E-state index in [4.69, 9.17) is 5.73 Å². The summed E-state index contributed by atoms with van der Waals surface area (Å²) in [6.07, 6.45) is 2.81. The quantitative estimate of drug-likeness (QED) is 0.163. The molecule has 3 amide bonds. The number of hydrogen-bond acceptors (Lipinski definition) is 6. The molecule has 0 saturated heterocycles. The summed E-state index contributed by atoms with van der Waals surface area (Å²) in [5.74, 6) is 0.265. The molecule has 0 saturated carbocycles. The zero-order valence-electron chi connectivity index (χ0n) is 26.1. The monoisotopic (exact) mass is 610 g/mol. The minimum atomic E-state index is -0.837. The van der Waals surface area contributed by atoms with Crippen LogP contribution in [0.1, 0.15) is 65.9 Å². The number of unbranched alkanes of at least 4 members (excludes halogenated alkanes) is 1. The molecule has 0 aliphatic carbocycles. The molecule has 3 atom stereocenters. The molecule has 10 nitrogen and oxygen atoms in total. The second-order valence-electron chi connectivity index (χ2n) is 12.0. The summed E-state index contributed by atoms with van der Waals surface area (Å²) in [6.45, 7) is 6.02. The second-order valence-corrected chi connectivity index (χ2v) is 12.0. The number of nitrogens with two attached hydrogens (primary N) is 1. The van der Waals surface area contributed by atoms with Crippen LogP contribution in [0.15, 0.2) is 60.7 Å². The maximum Gasteiger partial charge on any atom is 0.243 e. The molecule has 0 bridgehead atoms. The summed E-state index contributed by atoms with van der Waals surface area (Å²) in [5, 5.41) is 16.0. The predicted octanol–water partition coefficient (Wildman–Crippen LogP) is 3.87. The van der Waals surface area contributed by atoms with Crippen molar-refractivity contribution >= 4 is 28.8 Å². The molecule has 10 heteroatoms. The van der Waals surface area contributed by atoms with Gasteiger partial charge in [0.2, 0.25) is 17.7 Å². The number of benzene rings is 3. The summed E-state index contributed by atoms with van der Waals surface area (Å²) in [5.41, 5.74) is 13.0. The first-order valence-corrected chi connectivity index (χ1v) is 15.5. The van der Waals surface area contributed by atoms with Gasteiger partial charge >= 0.3 is 0 Å². The van der Waals surface area contributed by atoms with Crippen LogP contribution >= 0.6 is 0 Å². The highest BCUT2D eigenvalue weighted by Crippen LogP contribution is 2.27. The Kier molecular flexibility index (Phi) is 9.83. The SMILES string of the molecule is CC(=O)N[C@@H](CCCCNC(=O)[C@@H]1Cc2ccccc2CN1C(=O)[C@@H](N)Cc1c(C)cc(O)cc1C)c1nc2ccccc2[nH]1. The first-order chi connectivity index (χ1) is 21.6. The van der Waals surface area contributed by atoms with Gasteiger partial charge in [0.05, 0.1) is 23.1 Å². The summed E-state index contributed by atoms with van der Waals surface area (Å²) in [7, 11) is 0. The number of phenolic OH excluding ortho intramolecular Hbond substituents is 1. The molecule has 1 aliphatic heterocycles. The van der Waals surface area contributed by atoms with Gasteiger partial charge in [0, 0.05) is 26.4 Å². The van der Waals surface area contributed by atoms with Gasteiger partial charge in [0.15, 0.2) is 0 Å². The molecule has 5 rings (SSSR count). The van der Waals surface area contributed by atoms with Gasteiger partial charge in [-0.1, -0.05) is 36.4 Å². The minimum absolute atomic E-state index is 0.134. The lowest BCUT2D eigenvalue weighted by Gasteiger charge is -2.37. The first kappa shape index (κ1) is 31.7. The lowest BCUT2D eigenvalue weighted by Crippen LogP contribution is -2.56. The fourth-order valence-corrected chi connectivity index (χ4v) is 6.26. The number of nitrogens with zero attached hydrogens (tertiary/aromatic N) is 2. The summed E-state index contributed by atoms with van der Waals surface area (Å²) in [6, 6.07) is 17.2. The third kappa shape index (κ3) is 7.51. The van der Waals surface area contributed by atoms with Crippen LogP contribution in [-0.2, 0) is 33.8 Å². The Morgan fingerprint density at radius 3 is 2.44 bits per heavy atom. The van der Waals surface area contributed by atoms with Gasteiger partial charge in [-0.3, -0.25) is 14.4 Å². The van der Waals surface area contributed by atoms with Gasteiger partial charge in [0.25, 0.3) is 0 Å². The molecule has 45 heavy (non-hydrogen) atoms. The van der Waals surface area contributed by atoms with Crippen LogP contribution in [0, 0.1) is 13.8 Å². The number of para-hydroxylation sites is 2. The van der Waals surface area contributed by atoms with Crippen LogP contribution in [0.3, 0.4) is 0 Å². The third-order valence-electron chi connectivity index (χ3n) is 8.59. The maximum absolute atomic E-state index is 13.8. The number of nitrogens with one attached hydrogen (secondary N) is 3. The molecular weight excluding hydrogens is 568 g/mol. The standard InChI is InChI=1S/C35H42N6O4/c1-21-16-26(43)17-22(2)27(21)19-28(36)35(45)41-20-25-11-5-4-10-24(25)18-32(41)34(44)37-15-9-8-14-31(38-23(3)42)33-39-29-12-6-7-13-30(29)40-33/h4-7,10-13,16-17,28,31-32,43H,8-9,14-15,18-20,36H2,1-3H3,(H,37,44)(H,38,42)(H,39,40)/t28-,31-,32-/m0/s1. The topological polar surface area (TPSA) is 153 Å². The fourth-order valence-electron chi connectivity index (χ4n) is 6.26. The Morgan fingerprint density at radius 2 is 1.73 bits per heavy atom. The van der Waals surface area contributed by atoms with E-state index in [0.29, 0.717) is 44.6 Å². The van der Waals surface area contributed by atoms with Crippen LogP contribution in [0.5, 0.6) is 5.75 Å². The number of aromatic hydroxyl groups is 1. The highest BCUT2D eigenvalue weighted by molar-refractivity contribution is 5.90. The molecular formula is C35H42N6O4. The molecule has 1 aliphatic rings. The van der Waals surface area contributed by atoms with E-state index in [-0.39, 0.29) is 29.5 Å². The van der Waals surface area contributed by atoms with E-state index >= 15 is 0 Å². The Labute approximate surface area is 263 Å². The van der Waals surface area contributed by atoms with Crippen LogP contribution in [-0.4, -0.2) is 56.3 Å². The van der Waals surface area contributed by atoms with E-state index in [2.05, 4.69) is 20.6 Å². The van der Waals surface area contributed by atoms with Crippen molar-refractivity contribution in [2.45, 2.75) is 77.5 Å². The Bertz CT molecular complexity index is 1640. The van der Waals surface area contributed by atoms with Crippen molar-refractivity contribution in [3.05, 3.63) is 94.3 Å². The number of hydrogen-bond donors (Lipinski definition) is 5. The van der Waals surface area contributed by atoms with Gasteiger partial charge in [0.1, 0.15) is 17.6 Å². The lowest BCUT2D eigenvalue weighted by molar-refractivity contribution is -0.142. The summed E-state index contributed by atoms with van der Waals surface area (Å²) >= 11 is 0. The molecule has 0 unspecified atom stereocenters. The number of H-pyrrole nitrogens is 1. The van der Waals surface area contributed by atoms with Crippen LogP contribution in [0.2, 0.25) is 0 Å². The number of rotatable bonds is 11. The molecule has 236 valence electrons. The number of carbonyl (C=O) groups is 3. The van der Waals surface area contributed by atoms with Gasteiger partial charge in [-0.15, -0.1) is 0 Å². The minimum Gasteiger partial charge on any atom is -0.508 e. The van der Waals surface area contributed by atoms with Crippen molar-refractivity contribution in [2.24, 2.45) is 5.73 Å². The van der Waals surface area contributed by atoms with Crippen molar-refractivity contribution in [1.29, 1.82) is 0 Å². The first-order valence-electron chi connectivity index (χ1n) is 15.5. The number of aromatic amines is 1. The van der Waals surface area contributed by atoms with Gasteiger partial charge < -0.3 is 31.4 Å². The van der Waals surface area contributed by atoms with E-state index in [9.17, 15) is 19.5 Å². The number of carbonyl (C=O) groups excluding carboxylic acids is 3.